The molecule has 196 valence electrons. The Labute approximate surface area is 216 Å². The van der Waals surface area contributed by atoms with E-state index in [1.165, 1.54) is 11.0 Å². The van der Waals surface area contributed by atoms with E-state index in [1.54, 1.807) is 60.7 Å². The number of anilines is 1. The van der Waals surface area contributed by atoms with E-state index < -0.39 is 27.8 Å². The fourth-order valence-corrected chi connectivity index (χ4v) is 5.32. The number of primary sulfonamides is 1. The summed E-state index contributed by atoms with van der Waals surface area (Å²) in [7, 11) is -3.98. The average Bonchev–Trinajstić information content (AvgIpc) is 3.53. The molecule has 4 aromatic rings. The predicted molar refractivity (Wildman–Crippen MR) is 135 cm³/mol. The summed E-state index contributed by atoms with van der Waals surface area (Å²) in [5, 5.41) is 9.07. The Morgan fingerprint density at radius 3 is 2.47 bits per heavy atom. The molecule has 0 atom stereocenters. The third-order valence-corrected chi connectivity index (χ3v) is 7.30. The van der Waals surface area contributed by atoms with E-state index in [-0.39, 0.29) is 29.4 Å². The zero-order valence-electron chi connectivity index (χ0n) is 19.8. The lowest BCUT2D eigenvalue weighted by atomic mass is 10.0. The van der Waals surface area contributed by atoms with Gasteiger partial charge in [0.25, 0.3) is 5.91 Å². The summed E-state index contributed by atoms with van der Waals surface area (Å²) >= 11 is 0. The fourth-order valence-electron chi connectivity index (χ4n) is 4.56. The highest BCUT2D eigenvalue weighted by Crippen LogP contribution is 2.36. The first kappa shape index (κ1) is 25.6. The maximum Gasteiger partial charge on any atom is 0.435 e. The van der Waals surface area contributed by atoms with Gasteiger partial charge >= 0.3 is 6.18 Å². The second-order valence-electron chi connectivity index (χ2n) is 8.79. The van der Waals surface area contributed by atoms with Gasteiger partial charge < -0.3 is 10.6 Å². The van der Waals surface area contributed by atoms with Crippen LogP contribution in [0.1, 0.15) is 27.3 Å². The third-order valence-electron chi connectivity index (χ3n) is 6.33. The van der Waals surface area contributed by atoms with Crippen molar-refractivity contribution in [3.63, 3.8) is 0 Å². The molecule has 0 unspecified atom stereocenters. The van der Waals surface area contributed by atoms with Crippen LogP contribution >= 0.6 is 0 Å². The van der Waals surface area contributed by atoms with Gasteiger partial charge in [-0.1, -0.05) is 36.4 Å². The number of nitrogens with two attached hydrogens (primary N) is 2. The Kier molecular flexibility index (Phi) is 6.33. The highest BCUT2D eigenvalue weighted by Gasteiger charge is 2.38. The lowest BCUT2D eigenvalue weighted by molar-refractivity contribution is -0.141. The lowest BCUT2D eigenvalue weighted by Crippen LogP contribution is -2.30. The van der Waals surface area contributed by atoms with Crippen molar-refractivity contribution in [2.75, 3.05) is 11.4 Å². The monoisotopic (exact) mass is 541 g/mol. The van der Waals surface area contributed by atoms with Crippen LogP contribution in [-0.2, 0) is 29.2 Å². The van der Waals surface area contributed by atoms with Crippen LogP contribution in [0, 0.1) is 0 Å². The number of carbonyl (C=O) groups is 1. The van der Waals surface area contributed by atoms with Crippen molar-refractivity contribution in [2.24, 2.45) is 10.9 Å². The second-order valence-corrected chi connectivity index (χ2v) is 10.3. The maximum atomic E-state index is 13.6. The van der Waals surface area contributed by atoms with Crippen molar-refractivity contribution in [2.45, 2.75) is 24.0 Å². The zero-order valence-corrected chi connectivity index (χ0v) is 20.6. The number of amides is 1. The van der Waals surface area contributed by atoms with Crippen molar-refractivity contribution >= 4 is 21.6 Å². The van der Waals surface area contributed by atoms with E-state index in [1.807, 2.05) is 0 Å². The molecule has 3 aromatic carbocycles. The van der Waals surface area contributed by atoms with Crippen LogP contribution in [0.25, 0.3) is 16.8 Å². The summed E-state index contributed by atoms with van der Waals surface area (Å²) in [6, 6.07) is 18.6. The Bertz CT molecular complexity index is 1660. The lowest BCUT2D eigenvalue weighted by Gasteiger charge is -2.19. The normalized spacial score (nSPS) is 13.6. The van der Waals surface area contributed by atoms with Crippen molar-refractivity contribution in [3.8, 4) is 16.8 Å². The standard InChI is InChI=1S/C26H22F3N5O3S/c27-26(28,29)24-14-22(34(32-24)19-5-3-4-16(12-19)15-30)25(35)33-11-10-18-13-17(8-9-21(18)33)20-6-1-2-7-23(20)38(31,36)37/h1-9,12-14H,10-11,15,30H2,(H2,31,36,37). The Morgan fingerprint density at radius 1 is 1.00 bits per heavy atom. The quantitative estimate of drug-likeness (QED) is 0.397. The molecule has 1 aliphatic rings. The van der Waals surface area contributed by atoms with Crippen LogP contribution in [0.5, 0.6) is 0 Å². The highest BCUT2D eigenvalue weighted by molar-refractivity contribution is 7.89. The SMILES string of the molecule is NCc1cccc(-n2nc(C(F)(F)F)cc2C(=O)N2CCc3cc(-c4ccccc4S(N)(=O)=O)ccc32)c1. The average molecular weight is 542 g/mol. The van der Waals surface area contributed by atoms with Crippen molar-refractivity contribution in [1.29, 1.82) is 0 Å². The van der Waals surface area contributed by atoms with Crippen LogP contribution in [0.3, 0.4) is 0 Å². The van der Waals surface area contributed by atoms with E-state index in [0.29, 0.717) is 28.8 Å². The van der Waals surface area contributed by atoms with Crippen LogP contribution in [0.4, 0.5) is 18.9 Å². The molecule has 4 N–H and O–H groups in total. The second kappa shape index (κ2) is 9.39. The number of carbonyl (C=O) groups excluding carboxylic acids is 1. The number of aromatic nitrogens is 2. The molecule has 0 bridgehead atoms. The molecule has 5 rings (SSSR count). The molecule has 0 spiro atoms. The van der Waals surface area contributed by atoms with Crippen molar-refractivity contribution in [1.82, 2.24) is 9.78 Å². The molecule has 0 aliphatic carbocycles. The number of hydrogen-bond acceptors (Lipinski definition) is 5. The summed E-state index contributed by atoms with van der Waals surface area (Å²) < 4.78 is 65.8. The van der Waals surface area contributed by atoms with Gasteiger partial charge in [0.1, 0.15) is 5.69 Å². The Balaban J connectivity index is 1.55. The molecule has 8 nitrogen and oxygen atoms in total. The molecule has 0 saturated heterocycles. The molecule has 2 heterocycles. The minimum absolute atomic E-state index is 0.0332. The molecule has 1 aliphatic heterocycles. The maximum absolute atomic E-state index is 13.6. The fraction of sp³-hybridized carbons (Fsp3) is 0.154. The zero-order chi connectivity index (χ0) is 27.2. The smallest absolute Gasteiger partial charge is 0.326 e. The van der Waals surface area contributed by atoms with Crippen molar-refractivity contribution in [3.05, 3.63) is 95.3 Å². The largest absolute Gasteiger partial charge is 0.435 e. The number of fused-ring (bicyclic) bond motifs is 1. The van der Waals surface area contributed by atoms with Gasteiger partial charge in [0.15, 0.2) is 5.69 Å². The van der Waals surface area contributed by atoms with Crippen LogP contribution < -0.4 is 15.8 Å². The first-order chi connectivity index (χ1) is 18.0. The minimum Gasteiger partial charge on any atom is -0.326 e. The van der Waals surface area contributed by atoms with Gasteiger partial charge in [-0.05, 0) is 53.4 Å². The molecule has 38 heavy (non-hydrogen) atoms. The number of hydrogen-bond donors (Lipinski definition) is 2. The molecule has 1 amide bonds. The van der Waals surface area contributed by atoms with Gasteiger partial charge in [0.2, 0.25) is 10.0 Å². The predicted octanol–water partition coefficient (Wildman–Crippen LogP) is 3.87. The molecular formula is C26H22F3N5O3S. The van der Waals surface area contributed by atoms with Gasteiger partial charge in [0.05, 0.1) is 10.6 Å². The first-order valence-electron chi connectivity index (χ1n) is 11.5. The molecule has 1 aromatic heterocycles. The van der Waals surface area contributed by atoms with E-state index in [0.717, 1.165) is 16.3 Å². The molecule has 0 fully saturated rings. The van der Waals surface area contributed by atoms with Crippen molar-refractivity contribution < 1.29 is 26.4 Å². The summed E-state index contributed by atoms with van der Waals surface area (Å²) in [5.41, 5.74) is 7.46. The molecule has 0 radical (unpaired) electrons. The van der Waals surface area contributed by atoms with Crippen LogP contribution in [0.15, 0.2) is 77.7 Å². The molecular weight excluding hydrogens is 519 g/mol. The Morgan fingerprint density at radius 2 is 1.76 bits per heavy atom. The van der Waals surface area contributed by atoms with E-state index in [4.69, 9.17) is 10.9 Å². The van der Waals surface area contributed by atoms with Gasteiger partial charge in [-0.25, -0.2) is 18.2 Å². The van der Waals surface area contributed by atoms with Gasteiger partial charge in [-0.2, -0.15) is 18.3 Å². The topological polar surface area (TPSA) is 124 Å². The summed E-state index contributed by atoms with van der Waals surface area (Å²) in [4.78, 5) is 15.0. The van der Waals surface area contributed by atoms with Crippen LogP contribution in [-0.4, -0.2) is 30.7 Å². The van der Waals surface area contributed by atoms with E-state index in [2.05, 4.69) is 5.10 Å². The number of benzene rings is 3. The number of alkyl halides is 3. The first-order valence-corrected chi connectivity index (χ1v) is 13.1. The number of halogens is 3. The van der Waals surface area contributed by atoms with E-state index >= 15 is 0 Å². The summed E-state index contributed by atoms with van der Waals surface area (Å²) in [6.45, 7) is 0.394. The van der Waals surface area contributed by atoms with Crippen LogP contribution in [0.2, 0.25) is 0 Å². The van der Waals surface area contributed by atoms with Gasteiger partial charge in [0, 0.05) is 30.4 Å². The van der Waals surface area contributed by atoms with Gasteiger partial charge in [-0.3, -0.25) is 4.79 Å². The molecule has 12 heteroatoms. The highest BCUT2D eigenvalue weighted by atomic mass is 32.2. The Hall–Kier alpha value is -4.00. The summed E-state index contributed by atoms with van der Waals surface area (Å²) in [6.07, 6.45) is -4.32. The number of nitrogens with zero attached hydrogens (tertiary/aromatic N) is 3. The molecule has 0 saturated carbocycles. The van der Waals surface area contributed by atoms with E-state index in [9.17, 15) is 26.4 Å². The number of sulfonamides is 1. The summed E-state index contributed by atoms with van der Waals surface area (Å²) in [5.74, 6) is -0.650. The van der Waals surface area contributed by atoms with Gasteiger partial charge in [-0.15, -0.1) is 0 Å². The number of rotatable bonds is 5. The minimum atomic E-state index is -4.75. The third kappa shape index (κ3) is 4.69.